The molecule has 2 aromatic carbocycles. The number of carbonyl (C=O) groups is 2. The Balaban J connectivity index is 0.000000791. The van der Waals surface area contributed by atoms with Gasteiger partial charge in [-0.3, -0.25) is 15.4 Å². The fourth-order valence-corrected chi connectivity index (χ4v) is 2.81. The van der Waals surface area contributed by atoms with E-state index in [0.717, 1.165) is 11.1 Å². The van der Waals surface area contributed by atoms with Crippen LogP contribution in [0, 0.1) is 0 Å². The molecule has 2 unspecified atom stereocenters. The molecule has 0 aromatic heterocycles. The van der Waals surface area contributed by atoms with Crippen molar-refractivity contribution in [2.24, 2.45) is 0 Å². The van der Waals surface area contributed by atoms with Gasteiger partial charge in [-0.05, 0) is 11.1 Å². The summed E-state index contributed by atoms with van der Waals surface area (Å²) in [5.74, 6) is -1.23. The Morgan fingerprint density at radius 2 is 1.19 bits per heavy atom. The number of carboxylic acid groups (broad SMARTS) is 1. The third-order valence-corrected chi connectivity index (χ3v) is 3.93. The Kier molecular flexibility index (Phi) is 8.68. The van der Waals surface area contributed by atoms with E-state index in [1.165, 1.54) is 0 Å². The minimum atomic E-state index is -1.78. The minimum Gasteiger partial charge on any atom is -0.479 e. The maximum absolute atomic E-state index is 11.6. The molecule has 2 aromatic rings. The van der Waals surface area contributed by atoms with E-state index in [-0.39, 0.29) is 12.1 Å². The zero-order valence-corrected chi connectivity index (χ0v) is 15.8. The monoisotopic (exact) mass is 356 g/mol. The van der Waals surface area contributed by atoms with Gasteiger partial charge in [0, 0.05) is 0 Å². The topological polar surface area (TPSA) is 78.4 Å². The highest BCUT2D eigenvalue weighted by Gasteiger charge is 2.50. The van der Waals surface area contributed by atoms with E-state index in [2.05, 4.69) is 10.6 Å². The second-order valence-corrected chi connectivity index (χ2v) is 5.30. The molecule has 1 fully saturated rings. The van der Waals surface area contributed by atoms with Gasteiger partial charge in [-0.2, -0.15) is 0 Å². The number of hydrogen-bond acceptors (Lipinski definition) is 4. The first-order chi connectivity index (χ1) is 12.7. The number of carboxylic acids is 1. The van der Waals surface area contributed by atoms with Crippen molar-refractivity contribution in [3.8, 4) is 0 Å². The van der Waals surface area contributed by atoms with Crippen LogP contribution >= 0.6 is 0 Å². The van der Waals surface area contributed by atoms with Gasteiger partial charge in [0.2, 0.25) is 5.66 Å². The van der Waals surface area contributed by atoms with E-state index in [4.69, 9.17) is 0 Å². The van der Waals surface area contributed by atoms with Gasteiger partial charge in [-0.25, -0.2) is 4.79 Å². The molecule has 140 valence electrons. The van der Waals surface area contributed by atoms with Crippen molar-refractivity contribution in [2.45, 2.75) is 45.4 Å². The molecule has 0 amide bonds. The molecule has 1 heterocycles. The van der Waals surface area contributed by atoms with Gasteiger partial charge in [-0.15, -0.1) is 0 Å². The third kappa shape index (κ3) is 4.56. The molecule has 26 heavy (non-hydrogen) atoms. The van der Waals surface area contributed by atoms with E-state index in [1.54, 1.807) is 0 Å². The molecule has 3 rings (SSSR count). The van der Waals surface area contributed by atoms with Crippen molar-refractivity contribution in [1.29, 1.82) is 0 Å². The lowest BCUT2D eigenvalue weighted by molar-refractivity contribution is -0.147. The Hall–Kier alpha value is -2.50. The lowest BCUT2D eigenvalue weighted by atomic mass is 9.95. The summed E-state index contributed by atoms with van der Waals surface area (Å²) >= 11 is 0. The summed E-state index contributed by atoms with van der Waals surface area (Å²) in [6, 6.07) is 18.4. The molecule has 3 N–H and O–H groups in total. The van der Waals surface area contributed by atoms with E-state index in [0.29, 0.717) is 6.29 Å². The molecule has 0 spiro atoms. The number of carbonyl (C=O) groups excluding carboxylic acids is 1. The highest BCUT2D eigenvalue weighted by Crippen LogP contribution is 2.36. The van der Waals surface area contributed by atoms with Crippen molar-refractivity contribution in [1.82, 2.24) is 10.6 Å². The second-order valence-electron chi connectivity index (χ2n) is 5.30. The Morgan fingerprint density at radius 3 is 1.46 bits per heavy atom. The summed E-state index contributed by atoms with van der Waals surface area (Å²) in [6.07, 6.45) is 0.411. The van der Waals surface area contributed by atoms with Gasteiger partial charge >= 0.3 is 5.97 Å². The van der Waals surface area contributed by atoms with Crippen LogP contribution in [0.4, 0.5) is 0 Å². The van der Waals surface area contributed by atoms with Gasteiger partial charge in [0.05, 0.1) is 12.1 Å². The molecular weight excluding hydrogens is 328 g/mol. The number of benzene rings is 2. The predicted octanol–water partition coefficient (Wildman–Crippen LogP) is 3.69. The fraction of sp³-hybridized carbons (Fsp3) is 0.333. The quantitative estimate of drug-likeness (QED) is 0.575. The number of aliphatic carboxylic acids is 1. The van der Waals surface area contributed by atoms with Crippen LogP contribution in [-0.4, -0.2) is 23.0 Å². The number of nitrogens with one attached hydrogen (secondary N) is 2. The van der Waals surface area contributed by atoms with Crippen LogP contribution in [-0.2, 0) is 9.59 Å². The first-order valence-corrected chi connectivity index (χ1v) is 9.01. The molecule has 5 nitrogen and oxygen atoms in total. The van der Waals surface area contributed by atoms with Gasteiger partial charge in [0.15, 0.2) is 6.29 Å². The SMILES string of the molecule is CC.CC.O=CC1(C(=O)O)NC(c2ccccc2)[C@@H](c2ccccc2)N1. The van der Waals surface area contributed by atoms with Crippen LogP contribution in [0.25, 0.3) is 0 Å². The van der Waals surface area contributed by atoms with Crippen LogP contribution in [0.1, 0.15) is 50.9 Å². The third-order valence-electron chi connectivity index (χ3n) is 3.93. The summed E-state index contributed by atoms with van der Waals surface area (Å²) in [4.78, 5) is 23.0. The summed E-state index contributed by atoms with van der Waals surface area (Å²) in [5, 5.41) is 15.3. The van der Waals surface area contributed by atoms with Crippen molar-refractivity contribution in [3.05, 3.63) is 71.8 Å². The maximum atomic E-state index is 11.6. The molecule has 1 saturated heterocycles. The van der Waals surface area contributed by atoms with Crippen molar-refractivity contribution in [3.63, 3.8) is 0 Å². The van der Waals surface area contributed by atoms with Crippen LogP contribution in [0.5, 0.6) is 0 Å². The standard InChI is InChI=1S/C17H16N2O3.2C2H6/c20-11-17(16(21)22)18-14(12-7-3-1-4-8-12)15(19-17)13-9-5-2-6-10-13;2*1-2/h1-11,14-15,18-19H,(H,21,22);2*1-2H3/t14-,15?,17?;;/m1../s1. The summed E-state index contributed by atoms with van der Waals surface area (Å²) in [6.45, 7) is 8.00. The molecule has 1 aliphatic heterocycles. The van der Waals surface area contributed by atoms with Crippen LogP contribution in [0.3, 0.4) is 0 Å². The average Bonchev–Trinajstić information content (AvgIpc) is 3.14. The zero-order chi connectivity index (χ0) is 19.6. The first kappa shape index (κ1) is 21.5. The van der Waals surface area contributed by atoms with Gasteiger partial charge in [0.1, 0.15) is 0 Å². The lowest BCUT2D eigenvalue weighted by Crippen LogP contribution is -2.57. The molecule has 0 radical (unpaired) electrons. The van der Waals surface area contributed by atoms with Crippen molar-refractivity contribution >= 4 is 12.3 Å². The van der Waals surface area contributed by atoms with Crippen LogP contribution in [0.15, 0.2) is 60.7 Å². The molecular formula is C21H28N2O3. The van der Waals surface area contributed by atoms with Crippen LogP contribution in [0.2, 0.25) is 0 Å². The zero-order valence-electron chi connectivity index (χ0n) is 15.8. The Morgan fingerprint density at radius 1 is 0.846 bits per heavy atom. The molecule has 3 atom stereocenters. The molecule has 0 aliphatic carbocycles. The molecule has 1 aliphatic rings. The summed E-state index contributed by atoms with van der Waals surface area (Å²) < 4.78 is 0. The number of hydrogen-bond donors (Lipinski definition) is 3. The Bertz CT molecular complexity index is 627. The van der Waals surface area contributed by atoms with Gasteiger partial charge in [0.25, 0.3) is 0 Å². The normalized spacial score (nSPS) is 23.7. The summed E-state index contributed by atoms with van der Waals surface area (Å²) in [7, 11) is 0. The number of rotatable bonds is 4. The fourth-order valence-electron chi connectivity index (χ4n) is 2.81. The first-order valence-electron chi connectivity index (χ1n) is 9.01. The molecule has 0 bridgehead atoms. The molecule has 0 saturated carbocycles. The predicted molar refractivity (Wildman–Crippen MR) is 104 cm³/mol. The largest absolute Gasteiger partial charge is 0.479 e. The lowest BCUT2D eigenvalue weighted by Gasteiger charge is -2.19. The van der Waals surface area contributed by atoms with E-state index < -0.39 is 11.6 Å². The number of aldehydes is 1. The van der Waals surface area contributed by atoms with Gasteiger partial charge < -0.3 is 5.11 Å². The highest BCUT2D eigenvalue weighted by molar-refractivity contribution is 5.97. The minimum absolute atomic E-state index is 0.315. The molecule has 5 heteroatoms. The maximum Gasteiger partial charge on any atom is 0.346 e. The summed E-state index contributed by atoms with van der Waals surface area (Å²) in [5.41, 5.74) is 0.0729. The van der Waals surface area contributed by atoms with E-state index in [1.807, 2.05) is 88.4 Å². The Labute approximate surface area is 155 Å². The van der Waals surface area contributed by atoms with E-state index in [9.17, 15) is 14.7 Å². The highest BCUT2D eigenvalue weighted by atomic mass is 16.4. The van der Waals surface area contributed by atoms with Gasteiger partial charge in [-0.1, -0.05) is 88.4 Å². The van der Waals surface area contributed by atoms with E-state index >= 15 is 0 Å². The smallest absolute Gasteiger partial charge is 0.346 e. The average molecular weight is 356 g/mol. The van der Waals surface area contributed by atoms with Crippen molar-refractivity contribution in [2.75, 3.05) is 0 Å². The van der Waals surface area contributed by atoms with Crippen molar-refractivity contribution < 1.29 is 14.7 Å². The second kappa shape index (κ2) is 10.5. The van der Waals surface area contributed by atoms with Crippen LogP contribution < -0.4 is 10.6 Å².